The minimum absolute atomic E-state index is 0.0372. The quantitative estimate of drug-likeness (QED) is 0.407. The van der Waals surface area contributed by atoms with Gasteiger partial charge in [-0.2, -0.15) is 5.10 Å². The van der Waals surface area contributed by atoms with Gasteiger partial charge in [-0.3, -0.25) is 15.5 Å². The van der Waals surface area contributed by atoms with Crippen LogP contribution in [0.5, 0.6) is 0 Å². The number of nitrogens with zero attached hydrogens (tertiary/aromatic N) is 3. The Morgan fingerprint density at radius 1 is 1.20 bits per heavy atom. The molecule has 0 aliphatic rings. The molecule has 2 aromatic carbocycles. The second-order valence-electron chi connectivity index (χ2n) is 5.56. The van der Waals surface area contributed by atoms with Crippen LogP contribution in [0, 0.1) is 24.0 Å². The Hall–Kier alpha value is -3.06. The maximum absolute atomic E-state index is 10.8. The highest BCUT2D eigenvalue weighted by molar-refractivity contribution is 7.14. The number of nitrogens with one attached hydrogen (secondary N) is 1. The highest BCUT2D eigenvalue weighted by Crippen LogP contribution is 2.26. The zero-order chi connectivity index (χ0) is 17.8. The molecular weight excluding hydrogens is 336 g/mol. The molecule has 0 saturated carbocycles. The van der Waals surface area contributed by atoms with Crippen LogP contribution < -0.4 is 5.43 Å². The number of aryl methyl sites for hydroxylation is 2. The SMILES string of the molecule is Cc1ccc(-c2csc(N/N=C\c3cccc([N+](=O)[O-])c3)n2)cc1C. The summed E-state index contributed by atoms with van der Waals surface area (Å²) in [7, 11) is 0. The standard InChI is InChI=1S/C18H16N4O2S/c1-12-6-7-15(8-13(12)2)17-11-25-18(20-17)21-19-10-14-4-3-5-16(9-14)22(23)24/h3-11H,1-2H3,(H,20,21)/b19-10-. The number of thiazole rings is 1. The minimum atomic E-state index is -0.429. The van der Waals surface area contributed by atoms with Crippen molar-refractivity contribution in [1.82, 2.24) is 4.98 Å². The first-order valence-corrected chi connectivity index (χ1v) is 8.47. The van der Waals surface area contributed by atoms with Gasteiger partial charge < -0.3 is 0 Å². The summed E-state index contributed by atoms with van der Waals surface area (Å²) in [6, 6.07) is 12.5. The van der Waals surface area contributed by atoms with Gasteiger partial charge in [-0.25, -0.2) is 4.98 Å². The molecule has 0 aliphatic heterocycles. The maximum atomic E-state index is 10.8. The second-order valence-corrected chi connectivity index (χ2v) is 6.42. The van der Waals surface area contributed by atoms with Crippen LogP contribution in [0.1, 0.15) is 16.7 Å². The first-order chi connectivity index (χ1) is 12.0. The van der Waals surface area contributed by atoms with E-state index >= 15 is 0 Å². The Morgan fingerprint density at radius 3 is 2.80 bits per heavy atom. The van der Waals surface area contributed by atoms with Crippen LogP contribution in [0.25, 0.3) is 11.3 Å². The number of benzene rings is 2. The molecule has 3 rings (SSSR count). The average Bonchev–Trinajstić information content (AvgIpc) is 3.06. The molecule has 25 heavy (non-hydrogen) atoms. The third-order valence-electron chi connectivity index (χ3n) is 3.76. The summed E-state index contributed by atoms with van der Waals surface area (Å²) >= 11 is 1.45. The van der Waals surface area contributed by atoms with Crippen LogP contribution in [0.15, 0.2) is 52.9 Å². The van der Waals surface area contributed by atoms with Gasteiger partial charge in [0.1, 0.15) is 0 Å². The molecule has 0 saturated heterocycles. The van der Waals surface area contributed by atoms with Gasteiger partial charge in [0.15, 0.2) is 0 Å². The number of hydrogen-bond acceptors (Lipinski definition) is 6. The fraction of sp³-hybridized carbons (Fsp3) is 0.111. The number of aromatic nitrogens is 1. The number of non-ortho nitro benzene ring substituents is 1. The zero-order valence-corrected chi connectivity index (χ0v) is 14.6. The second kappa shape index (κ2) is 7.23. The van der Waals surface area contributed by atoms with E-state index in [1.165, 1.54) is 40.8 Å². The molecule has 1 heterocycles. The van der Waals surface area contributed by atoms with E-state index in [9.17, 15) is 10.1 Å². The zero-order valence-electron chi connectivity index (χ0n) is 13.8. The van der Waals surface area contributed by atoms with Gasteiger partial charge in [-0.1, -0.05) is 24.3 Å². The van der Waals surface area contributed by atoms with Crippen LogP contribution in [0.3, 0.4) is 0 Å². The van der Waals surface area contributed by atoms with Crippen molar-refractivity contribution in [3.8, 4) is 11.3 Å². The van der Waals surface area contributed by atoms with Gasteiger partial charge in [0.25, 0.3) is 5.69 Å². The van der Waals surface area contributed by atoms with E-state index in [0.29, 0.717) is 10.7 Å². The molecule has 0 spiro atoms. The van der Waals surface area contributed by atoms with Crippen molar-refractivity contribution in [1.29, 1.82) is 0 Å². The first kappa shape index (κ1) is 16.8. The minimum Gasteiger partial charge on any atom is -0.258 e. The van der Waals surface area contributed by atoms with Crippen molar-refractivity contribution in [2.45, 2.75) is 13.8 Å². The number of nitro benzene ring substituents is 1. The van der Waals surface area contributed by atoms with Crippen molar-refractivity contribution in [3.05, 3.63) is 74.6 Å². The Balaban J connectivity index is 1.70. The summed E-state index contributed by atoms with van der Waals surface area (Å²) in [5.41, 5.74) is 7.98. The van der Waals surface area contributed by atoms with Gasteiger partial charge >= 0.3 is 0 Å². The normalized spacial score (nSPS) is 11.0. The Bertz CT molecular complexity index is 950. The van der Waals surface area contributed by atoms with Crippen molar-refractivity contribution in [2.75, 3.05) is 5.43 Å². The number of hydrazone groups is 1. The lowest BCUT2D eigenvalue weighted by Crippen LogP contribution is -1.92. The van der Waals surface area contributed by atoms with Gasteiger partial charge in [-0.15, -0.1) is 11.3 Å². The highest BCUT2D eigenvalue weighted by atomic mass is 32.1. The van der Waals surface area contributed by atoms with Gasteiger partial charge in [0.2, 0.25) is 5.13 Å². The lowest BCUT2D eigenvalue weighted by Gasteiger charge is -2.02. The molecule has 1 aromatic heterocycles. The smallest absolute Gasteiger partial charge is 0.258 e. The Morgan fingerprint density at radius 2 is 2.04 bits per heavy atom. The van der Waals surface area contributed by atoms with Gasteiger partial charge in [-0.05, 0) is 31.0 Å². The molecule has 0 bridgehead atoms. The van der Waals surface area contributed by atoms with E-state index < -0.39 is 4.92 Å². The van der Waals surface area contributed by atoms with E-state index in [1.54, 1.807) is 12.1 Å². The summed E-state index contributed by atoms with van der Waals surface area (Å²) in [5.74, 6) is 0. The molecule has 6 nitrogen and oxygen atoms in total. The Kier molecular flexibility index (Phi) is 4.85. The van der Waals surface area contributed by atoms with E-state index in [1.807, 2.05) is 11.4 Å². The molecule has 3 aromatic rings. The molecule has 126 valence electrons. The van der Waals surface area contributed by atoms with Gasteiger partial charge in [0, 0.05) is 28.6 Å². The molecule has 7 heteroatoms. The van der Waals surface area contributed by atoms with Gasteiger partial charge in [0.05, 0.1) is 16.8 Å². The third-order valence-corrected chi connectivity index (χ3v) is 4.51. The lowest BCUT2D eigenvalue weighted by molar-refractivity contribution is -0.384. The van der Waals surface area contributed by atoms with E-state index in [2.05, 4.69) is 41.5 Å². The summed E-state index contributed by atoms with van der Waals surface area (Å²) in [6.07, 6.45) is 1.53. The molecule has 0 unspecified atom stereocenters. The number of rotatable bonds is 5. The van der Waals surface area contributed by atoms with Crippen LogP contribution in [0.2, 0.25) is 0 Å². The van der Waals surface area contributed by atoms with Crippen molar-refractivity contribution in [3.63, 3.8) is 0 Å². The highest BCUT2D eigenvalue weighted by Gasteiger charge is 2.06. The summed E-state index contributed by atoms with van der Waals surface area (Å²) < 4.78 is 0. The molecular formula is C18H16N4O2S. The predicted molar refractivity (Wildman–Crippen MR) is 101 cm³/mol. The van der Waals surface area contributed by atoms with Crippen LogP contribution in [0.4, 0.5) is 10.8 Å². The number of anilines is 1. The summed E-state index contributed by atoms with van der Waals surface area (Å²) in [4.78, 5) is 14.9. The van der Waals surface area contributed by atoms with Crippen molar-refractivity contribution < 1.29 is 4.92 Å². The molecule has 0 aliphatic carbocycles. The number of nitro groups is 1. The topological polar surface area (TPSA) is 80.4 Å². The largest absolute Gasteiger partial charge is 0.270 e. The maximum Gasteiger partial charge on any atom is 0.270 e. The molecule has 0 fully saturated rings. The van der Waals surface area contributed by atoms with E-state index in [4.69, 9.17) is 0 Å². The first-order valence-electron chi connectivity index (χ1n) is 7.59. The predicted octanol–water partition coefficient (Wildman–Crippen LogP) is 4.78. The lowest BCUT2D eigenvalue weighted by atomic mass is 10.1. The molecule has 0 radical (unpaired) electrons. The third kappa shape index (κ3) is 4.07. The average molecular weight is 352 g/mol. The fourth-order valence-electron chi connectivity index (χ4n) is 2.24. The van der Waals surface area contributed by atoms with Crippen LogP contribution in [-0.4, -0.2) is 16.1 Å². The Labute approximate surface area is 149 Å². The number of hydrogen-bond donors (Lipinski definition) is 1. The summed E-state index contributed by atoms with van der Waals surface area (Å²) in [6.45, 7) is 4.16. The summed E-state index contributed by atoms with van der Waals surface area (Å²) in [5, 5.41) is 17.5. The molecule has 0 atom stereocenters. The van der Waals surface area contributed by atoms with E-state index in [0.717, 1.165) is 11.3 Å². The van der Waals surface area contributed by atoms with E-state index in [-0.39, 0.29) is 5.69 Å². The molecule has 0 amide bonds. The van der Waals surface area contributed by atoms with Crippen molar-refractivity contribution >= 4 is 28.4 Å². The van der Waals surface area contributed by atoms with Crippen LogP contribution >= 0.6 is 11.3 Å². The monoisotopic (exact) mass is 352 g/mol. The molecule has 1 N–H and O–H groups in total. The van der Waals surface area contributed by atoms with Crippen molar-refractivity contribution in [2.24, 2.45) is 5.10 Å². The fourth-order valence-corrected chi connectivity index (χ4v) is 2.91. The van der Waals surface area contributed by atoms with Crippen LogP contribution in [-0.2, 0) is 0 Å².